The van der Waals surface area contributed by atoms with E-state index in [9.17, 15) is 22.5 Å². The third kappa shape index (κ3) is 5.24. The van der Waals surface area contributed by atoms with Gasteiger partial charge in [0.2, 0.25) is 0 Å². The van der Waals surface area contributed by atoms with Gasteiger partial charge >= 0.3 is 5.97 Å². The van der Waals surface area contributed by atoms with Gasteiger partial charge in [0.05, 0.1) is 17.0 Å². The molecule has 9 heteroatoms. The van der Waals surface area contributed by atoms with Crippen LogP contribution in [0.15, 0.2) is 64.7 Å². The zero-order chi connectivity index (χ0) is 22.6. The summed E-state index contributed by atoms with van der Waals surface area (Å²) in [6.07, 6.45) is 1.09. The highest BCUT2D eigenvalue weighted by Crippen LogP contribution is 2.31. The van der Waals surface area contributed by atoms with Gasteiger partial charge in [-0.25, -0.2) is 12.8 Å². The number of carbonyl (C=O) groups is 1. The first-order valence-corrected chi connectivity index (χ1v) is 11.3. The van der Waals surface area contributed by atoms with E-state index in [4.69, 9.17) is 4.74 Å². The van der Waals surface area contributed by atoms with Gasteiger partial charge in [0, 0.05) is 17.6 Å². The number of rotatable bonds is 8. The molecule has 1 heterocycles. The van der Waals surface area contributed by atoms with Crippen molar-refractivity contribution in [2.75, 3.05) is 19.4 Å². The number of sulfone groups is 1. The first kappa shape index (κ1) is 22.4. The number of hydrogen-bond donors (Lipinski definition) is 0. The number of benzene rings is 2. The van der Waals surface area contributed by atoms with E-state index >= 15 is 0 Å². The summed E-state index contributed by atoms with van der Waals surface area (Å²) in [5.74, 6) is -0.923. The number of aromatic nitrogens is 1. The first-order valence-electron chi connectivity index (χ1n) is 9.43. The molecule has 0 atom stereocenters. The molecule has 0 fully saturated rings. The Kier molecular flexibility index (Phi) is 6.65. The van der Waals surface area contributed by atoms with E-state index in [-0.39, 0.29) is 24.5 Å². The lowest BCUT2D eigenvalue weighted by Gasteiger charge is -2.13. The highest BCUT2D eigenvalue weighted by atomic mass is 32.2. The van der Waals surface area contributed by atoms with E-state index in [1.807, 2.05) is 0 Å². The van der Waals surface area contributed by atoms with Gasteiger partial charge in [-0.3, -0.25) is 4.79 Å². The van der Waals surface area contributed by atoms with Crippen LogP contribution in [-0.4, -0.2) is 38.4 Å². The van der Waals surface area contributed by atoms with Gasteiger partial charge in [-0.15, -0.1) is 0 Å². The lowest BCUT2D eigenvalue weighted by Crippen LogP contribution is -2.11. The summed E-state index contributed by atoms with van der Waals surface area (Å²) in [6, 6.07) is 14.2. The zero-order valence-electron chi connectivity index (χ0n) is 17.0. The quantitative estimate of drug-likeness (QED) is 0.299. The largest absolute Gasteiger partial charge is 0.463 e. The molecule has 0 radical (unpaired) electrons. The highest BCUT2D eigenvalue weighted by molar-refractivity contribution is 7.90. The summed E-state index contributed by atoms with van der Waals surface area (Å²) in [6.45, 7) is 1.59. The number of hydrogen-bond acceptors (Lipinski definition) is 6. The molecule has 0 saturated carbocycles. The molecule has 3 aromatic rings. The molecular weight excluding hydrogens is 423 g/mol. The average molecular weight is 444 g/mol. The van der Waals surface area contributed by atoms with E-state index in [0.29, 0.717) is 28.2 Å². The lowest BCUT2D eigenvalue weighted by molar-refractivity contribution is -0.142. The van der Waals surface area contributed by atoms with Gasteiger partial charge in [0.1, 0.15) is 19.0 Å². The molecule has 1 aromatic heterocycles. The summed E-state index contributed by atoms with van der Waals surface area (Å²) in [5, 5.41) is 2.65. The van der Waals surface area contributed by atoms with Crippen molar-refractivity contribution in [3.05, 3.63) is 76.6 Å². The van der Waals surface area contributed by atoms with Crippen LogP contribution in [0.1, 0.15) is 11.3 Å². The summed E-state index contributed by atoms with van der Waals surface area (Å²) in [5.41, 5.74) is 3.29. The number of esters is 1. The molecule has 0 spiro atoms. The van der Waals surface area contributed by atoms with Gasteiger partial charge < -0.3 is 9.30 Å². The molecule has 3 rings (SSSR count). The van der Waals surface area contributed by atoms with E-state index in [0.717, 1.165) is 6.26 Å². The smallest absolute Gasteiger partial charge is 0.310 e. The van der Waals surface area contributed by atoms with Crippen LogP contribution in [-0.2, 0) is 25.8 Å². The van der Waals surface area contributed by atoms with Crippen molar-refractivity contribution in [1.29, 1.82) is 0 Å². The van der Waals surface area contributed by atoms with Crippen LogP contribution < -0.4 is 0 Å². The summed E-state index contributed by atoms with van der Waals surface area (Å²) in [4.78, 5) is 22.5. The number of carbonyl (C=O) groups excluding carboxylic acids is 1. The maximum absolute atomic E-state index is 13.9. The van der Waals surface area contributed by atoms with Gasteiger partial charge in [-0.05, 0) is 54.4 Å². The predicted molar refractivity (Wildman–Crippen MR) is 114 cm³/mol. The molecule has 0 unspecified atom stereocenters. The molecule has 0 aliphatic carbocycles. The Morgan fingerprint density at radius 3 is 2.45 bits per heavy atom. The number of nitrogens with zero attached hydrogens (tertiary/aromatic N) is 2. The molecule has 0 aliphatic rings. The second kappa shape index (κ2) is 9.22. The second-order valence-corrected chi connectivity index (χ2v) is 9.02. The fourth-order valence-corrected chi connectivity index (χ4v) is 3.90. The van der Waals surface area contributed by atoms with E-state index in [1.165, 1.54) is 24.3 Å². The minimum Gasteiger partial charge on any atom is -0.463 e. The highest BCUT2D eigenvalue weighted by Gasteiger charge is 2.18. The first-order chi connectivity index (χ1) is 14.7. The molecule has 0 saturated heterocycles. The fraction of sp³-hybridized carbons (Fsp3) is 0.227. The Labute approximate surface area is 179 Å². The maximum atomic E-state index is 13.9. The van der Waals surface area contributed by atoms with Gasteiger partial charge in [0.25, 0.3) is 0 Å². The van der Waals surface area contributed by atoms with Crippen molar-refractivity contribution in [2.45, 2.75) is 18.2 Å². The van der Waals surface area contributed by atoms with Crippen molar-refractivity contribution in [2.24, 2.45) is 5.18 Å². The van der Waals surface area contributed by atoms with Crippen molar-refractivity contribution < 1.29 is 22.3 Å². The monoisotopic (exact) mass is 444 g/mol. The van der Waals surface area contributed by atoms with Crippen molar-refractivity contribution in [1.82, 2.24) is 4.57 Å². The summed E-state index contributed by atoms with van der Waals surface area (Å²) < 4.78 is 44.2. The third-order valence-electron chi connectivity index (χ3n) is 4.78. The number of halogens is 1. The van der Waals surface area contributed by atoms with Gasteiger partial charge in [-0.2, -0.15) is 4.91 Å². The van der Waals surface area contributed by atoms with Crippen LogP contribution in [0.2, 0.25) is 0 Å². The molecule has 7 nitrogen and oxygen atoms in total. The predicted octanol–water partition coefficient (Wildman–Crippen LogP) is 3.85. The van der Waals surface area contributed by atoms with E-state index in [2.05, 4.69) is 5.18 Å². The Morgan fingerprint density at radius 1 is 1.13 bits per heavy atom. The average Bonchev–Trinajstić information content (AvgIpc) is 3.03. The lowest BCUT2D eigenvalue weighted by atomic mass is 10.1. The maximum Gasteiger partial charge on any atom is 0.310 e. The molecular formula is C22H21FN2O5S. The van der Waals surface area contributed by atoms with Crippen LogP contribution in [0, 0.1) is 17.6 Å². The van der Waals surface area contributed by atoms with Crippen LogP contribution in [0.5, 0.6) is 0 Å². The van der Waals surface area contributed by atoms with Crippen LogP contribution >= 0.6 is 0 Å². The van der Waals surface area contributed by atoms with E-state index in [1.54, 1.807) is 41.8 Å². The summed E-state index contributed by atoms with van der Waals surface area (Å²) >= 11 is 0. The van der Waals surface area contributed by atoms with Crippen LogP contribution in [0.3, 0.4) is 0 Å². The van der Waals surface area contributed by atoms with Crippen LogP contribution in [0.4, 0.5) is 4.39 Å². The molecule has 31 heavy (non-hydrogen) atoms. The van der Waals surface area contributed by atoms with Crippen molar-refractivity contribution in [3.63, 3.8) is 0 Å². The molecule has 0 bridgehead atoms. The van der Waals surface area contributed by atoms with E-state index < -0.39 is 21.6 Å². The number of ether oxygens (including phenoxy) is 1. The molecule has 0 amide bonds. The van der Waals surface area contributed by atoms with Crippen molar-refractivity contribution >= 4 is 15.8 Å². The third-order valence-corrected chi connectivity index (χ3v) is 5.91. The Bertz CT molecular complexity index is 1220. The fourth-order valence-electron chi connectivity index (χ4n) is 3.27. The van der Waals surface area contributed by atoms with Crippen LogP contribution in [0.25, 0.3) is 16.9 Å². The minimum absolute atomic E-state index is 0.0402. The molecule has 0 aliphatic heterocycles. The standard InChI is InChI=1S/C22H21FN2O5S/c1-15-17(13-22(26)30-11-10-24-27)12-21(25(15)19-5-3-4-18(23)14-19)16-6-8-20(9-7-16)31(2,28)29/h3-9,12,14H,10-11,13H2,1-2H3. The number of nitroso groups, excluding NO2 is 1. The molecule has 2 aromatic carbocycles. The Balaban J connectivity index is 2.06. The molecule has 0 N–H and O–H groups in total. The SMILES string of the molecule is Cc1c(CC(=O)OCCN=O)cc(-c2ccc(S(C)(=O)=O)cc2)n1-c1cccc(F)c1. The molecule has 162 valence electrons. The van der Waals surface area contributed by atoms with Gasteiger partial charge in [-0.1, -0.05) is 23.4 Å². The Hall–Kier alpha value is -3.33. The topological polar surface area (TPSA) is 94.8 Å². The minimum atomic E-state index is -3.35. The zero-order valence-corrected chi connectivity index (χ0v) is 17.9. The summed E-state index contributed by atoms with van der Waals surface area (Å²) in [7, 11) is -3.35. The normalized spacial score (nSPS) is 11.3. The second-order valence-electron chi connectivity index (χ2n) is 7.00. The Morgan fingerprint density at radius 2 is 1.84 bits per heavy atom. The van der Waals surface area contributed by atoms with Gasteiger partial charge in [0.15, 0.2) is 9.84 Å². The van der Waals surface area contributed by atoms with Crippen molar-refractivity contribution in [3.8, 4) is 16.9 Å².